The van der Waals surface area contributed by atoms with E-state index in [1.807, 2.05) is 6.92 Å². The molecule has 0 aromatic heterocycles. The smallest absolute Gasteiger partial charge is 0.309 e. The fraction of sp³-hybridized carbons (Fsp3) is 0.591. The van der Waals surface area contributed by atoms with Crippen molar-refractivity contribution in [2.45, 2.75) is 39.0 Å². The highest BCUT2D eigenvalue weighted by Crippen LogP contribution is 2.25. The van der Waals surface area contributed by atoms with Crippen molar-refractivity contribution >= 4 is 17.8 Å². The minimum atomic E-state index is -1.05. The number of halogens is 2. The molecule has 0 bridgehead atoms. The molecular formula is C22H28F2N2O4. The van der Waals surface area contributed by atoms with Gasteiger partial charge in [0.15, 0.2) is 11.6 Å². The van der Waals surface area contributed by atoms with Crippen LogP contribution in [-0.4, -0.2) is 60.4 Å². The summed E-state index contributed by atoms with van der Waals surface area (Å²) < 4.78 is 31.7. The first kappa shape index (κ1) is 22.2. The lowest BCUT2D eigenvalue weighted by Crippen LogP contribution is -2.47. The van der Waals surface area contributed by atoms with E-state index in [1.165, 1.54) is 6.07 Å². The Morgan fingerprint density at radius 2 is 1.53 bits per heavy atom. The van der Waals surface area contributed by atoms with Gasteiger partial charge < -0.3 is 14.5 Å². The van der Waals surface area contributed by atoms with Crippen LogP contribution in [0.1, 0.15) is 49.4 Å². The minimum absolute atomic E-state index is 0.0651. The first-order chi connectivity index (χ1) is 14.4. The van der Waals surface area contributed by atoms with Crippen molar-refractivity contribution in [1.82, 2.24) is 9.80 Å². The van der Waals surface area contributed by atoms with Crippen LogP contribution in [-0.2, 0) is 14.3 Å². The molecule has 0 aliphatic carbocycles. The van der Waals surface area contributed by atoms with Gasteiger partial charge >= 0.3 is 5.97 Å². The first-order valence-electron chi connectivity index (χ1n) is 10.6. The van der Waals surface area contributed by atoms with Gasteiger partial charge in [-0.2, -0.15) is 0 Å². The molecule has 2 amide bonds. The fourth-order valence-corrected chi connectivity index (χ4v) is 4.06. The maximum Gasteiger partial charge on any atom is 0.309 e. The van der Waals surface area contributed by atoms with Gasteiger partial charge in [-0.1, -0.05) is 6.92 Å². The van der Waals surface area contributed by atoms with Gasteiger partial charge in [0.05, 0.1) is 12.5 Å². The van der Waals surface area contributed by atoms with Gasteiger partial charge in [0.1, 0.15) is 0 Å². The van der Waals surface area contributed by atoms with Crippen LogP contribution in [0.25, 0.3) is 0 Å². The third kappa shape index (κ3) is 5.15. The predicted molar refractivity (Wildman–Crippen MR) is 106 cm³/mol. The van der Waals surface area contributed by atoms with Gasteiger partial charge in [-0.25, -0.2) is 8.78 Å². The number of piperidine rings is 2. The molecule has 6 nitrogen and oxygen atoms in total. The van der Waals surface area contributed by atoms with E-state index in [-0.39, 0.29) is 35.2 Å². The Balaban J connectivity index is 1.47. The van der Waals surface area contributed by atoms with Gasteiger partial charge in [0, 0.05) is 37.7 Å². The van der Waals surface area contributed by atoms with Crippen LogP contribution in [0.2, 0.25) is 0 Å². The van der Waals surface area contributed by atoms with Crippen molar-refractivity contribution in [3.63, 3.8) is 0 Å². The highest BCUT2D eigenvalue weighted by Gasteiger charge is 2.34. The number of carbonyl (C=O) groups excluding carboxylic acids is 3. The summed E-state index contributed by atoms with van der Waals surface area (Å²) in [5, 5.41) is 0. The predicted octanol–water partition coefficient (Wildman–Crippen LogP) is 3.01. The lowest BCUT2D eigenvalue weighted by molar-refractivity contribution is -0.152. The van der Waals surface area contributed by atoms with Crippen LogP contribution in [0.15, 0.2) is 18.2 Å². The molecule has 0 atom stereocenters. The number of nitrogens with zero attached hydrogens (tertiary/aromatic N) is 2. The number of hydrogen-bond donors (Lipinski definition) is 0. The highest BCUT2D eigenvalue weighted by atomic mass is 19.2. The normalized spacial score (nSPS) is 18.4. The number of hydrogen-bond acceptors (Lipinski definition) is 4. The Bertz CT molecular complexity index is 785. The molecule has 30 heavy (non-hydrogen) atoms. The maximum atomic E-state index is 13.4. The lowest BCUT2D eigenvalue weighted by Gasteiger charge is -2.37. The summed E-state index contributed by atoms with van der Waals surface area (Å²) in [6.45, 7) is 4.25. The number of likely N-dealkylation sites (tertiary alicyclic amines) is 2. The SMILES string of the molecule is CCCOC(=O)C1CCN(C(=O)C2CCN(C(=O)c3ccc(F)c(F)c3)CC2)CC1. The molecule has 0 saturated carbocycles. The molecule has 0 unspecified atom stereocenters. The van der Waals surface area contributed by atoms with E-state index >= 15 is 0 Å². The third-order valence-corrected chi connectivity index (χ3v) is 5.89. The molecule has 8 heteroatoms. The molecule has 0 radical (unpaired) electrons. The van der Waals surface area contributed by atoms with Gasteiger partial charge in [-0.3, -0.25) is 14.4 Å². The molecule has 164 valence electrons. The number of benzene rings is 1. The maximum absolute atomic E-state index is 13.4. The zero-order valence-electron chi connectivity index (χ0n) is 17.2. The van der Waals surface area contributed by atoms with Crippen molar-refractivity contribution in [3.05, 3.63) is 35.4 Å². The van der Waals surface area contributed by atoms with Crippen molar-refractivity contribution in [1.29, 1.82) is 0 Å². The Morgan fingerprint density at radius 3 is 2.13 bits per heavy atom. The standard InChI is InChI=1S/C22H28F2N2O4/c1-2-13-30-22(29)16-7-11-25(12-8-16)20(27)15-5-9-26(10-6-15)21(28)17-3-4-18(23)19(24)14-17/h3-4,14-16H,2,5-13H2,1H3. The number of esters is 1. The van der Waals surface area contributed by atoms with E-state index < -0.39 is 11.6 Å². The van der Waals surface area contributed by atoms with Crippen LogP contribution in [0, 0.1) is 23.5 Å². The van der Waals surface area contributed by atoms with E-state index in [4.69, 9.17) is 4.74 Å². The second-order valence-electron chi connectivity index (χ2n) is 7.96. The Kier molecular flexibility index (Phi) is 7.39. The Hall–Kier alpha value is -2.51. The van der Waals surface area contributed by atoms with Crippen molar-refractivity contribution in [2.75, 3.05) is 32.8 Å². The van der Waals surface area contributed by atoms with Crippen LogP contribution in [0.3, 0.4) is 0 Å². The molecule has 0 spiro atoms. The fourth-order valence-electron chi connectivity index (χ4n) is 4.06. The molecule has 0 N–H and O–H groups in total. The van der Waals surface area contributed by atoms with Crippen LogP contribution >= 0.6 is 0 Å². The summed E-state index contributed by atoms with van der Waals surface area (Å²) in [5.74, 6) is -2.81. The monoisotopic (exact) mass is 422 g/mol. The second kappa shape index (κ2) is 10.00. The molecule has 2 heterocycles. The molecule has 2 aliphatic rings. The van der Waals surface area contributed by atoms with Gasteiger partial charge in [0.25, 0.3) is 5.91 Å². The quantitative estimate of drug-likeness (QED) is 0.685. The van der Waals surface area contributed by atoms with E-state index in [1.54, 1.807) is 9.80 Å². The molecule has 2 saturated heterocycles. The molecule has 2 aliphatic heterocycles. The largest absolute Gasteiger partial charge is 0.465 e. The molecular weight excluding hydrogens is 394 g/mol. The average molecular weight is 422 g/mol. The topological polar surface area (TPSA) is 66.9 Å². The number of ether oxygens (including phenoxy) is 1. The summed E-state index contributed by atoms with van der Waals surface area (Å²) in [6.07, 6.45) is 3.09. The van der Waals surface area contributed by atoms with Crippen molar-refractivity contribution < 1.29 is 27.9 Å². The third-order valence-electron chi connectivity index (χ3n) is 5.89. The summed E-state index contributed by atoms with van der Waals surface area (Å²) >= 11 is 0. The van der Waals surface area contributed by atoms with Gasteiger partial charge in [-0.05, 0) is 50.3 Å². The van der Waals surface area contributed by atoms with Crippen molar-refractivity contribution in [2.24, 2.45) is 11.8 Å². The minimum Gasteiger partial charge on any atom is -0.465 e. The van der Waals surface area contributed by atoms with E-state index in [0.29, 0.717) is 58.5 Å². The highest BCUT2D eigenvalue weighted by molar-refractivity contribution is 5.94. The summed E-state index contributed by atoms with van der Waals surface area (Å²) in [7, 11) is 0. The van der Waals surface area contributed by atoms with E-state index in [0.717, 1.165) is 18.6 Å². The molecule has 1 aromatic carbocycles. The number of amides is 2. The lowest BCUT2D eigenvalue weighted by atomic mass is 9.92. The van der Waals surface area contributed by atoms with Crippen molar-refractivity contribution in [3.8, 4) is 0 Å². The van der Waals surface area contributed by atoms with Gasteiger partial charge in [0.2, 0.25) is 5.91 Å². The zero-order valence-corrected chi connectivity index (χ0v) is 17.2. The Morgan fingerprint density at radius 1 is 0.933 bits per heavy atom. The molecule has 3 rings (SSSR count). The second-order valence-corrected chi connectivity index (χ2v) is 7.96. The van der Waals surface area contributed by atoms with E-state index in [2.05, 4.69) is 0 Å². The summed E-state index contributed by atoms with van der Waals surface area (Å²) in [4.78, 5) is 40.7. The molecule has 2 fully saturated rings. The number of carbonyl (C=O) groups is 3. The first-order valence-corrected chi connectivity index (χ1v) is 10.6. The van der Waals surface area contributed by atoms with E-state index in [9.17, 15) is 23.2 Å². The van der Waals surface area contributed by atoms with Crippen LogP contribution in [0.4, 0.5) is 8.78 Å². The van der Waals surface area contributed by atoms with Crippen LogP contribution < -0.4 is 0 Å². The summed E-state index contributed by atoms with van der Waals surface area (Å²) in [6, 6.07) is 3.12. The molecule has 1 aromatic rings. The average Bonchev–Trinajstić information content (AvgIpc) is 2.78. The summed E-state index contributed by atoms with van der Waals surface area (Å²) in [5.41, 5.74) is 0.107. The van der Waals surface area contributed by atoms with Gasteiger partial charge in [-0.15, -0.1) is 0 Å². The van der Waals surface area contributed by atoms with Crippen LogP contribution in [0.5, 0.6) is 0 Å². The zero-order chi connectivity index (χ0) is 21.7. The number of rotatable bonds is 5. The Labute approximate surface area is 175 Å².